The number of carboxylic acids is 1. The van der Waals surface area contributed by atoms with Crippen molar-refractivity contribution in [3.05, 3.63) is 24.3 Å². The van der Waals surface area contributed by atoms with E-state index in [1.165, 1.54) is 0 Å². The number of hydrogen-bond donors (Lipinski definition) is 2. The maximum Gasteiger partial charge on any atom is 0.305 e. The minimum Gasteiger partial charge on any atom is -0.481 e. The zero-order chi connectivity index (χ0) is 10.6. The van der Waals surface area contributed by atoms with Gasteiger partial charge in [0.15, 0.2) is 0 Å². The van der Waals surface area contributed by atoms with Crippen molar-refractivity contribution >= 4 is 17.3 Å². The third-order valence-corrected chi connectivity index (χ3v) is 2.01. The van der Waals surface area contributed by atoms with E-state index in [4.69, 9.17) is 10.8 Å². The van der Waals surface area contributed by atoms with Gasteiger partial charge >= 0.3 is 5.97 Å². The van der Waals surface area contributed by atoms with Gasteiger partial charge in [0, 0.05) is 13.6 Å². The second kappa shape index (κ2) is 4.50. The second-order valence-corrected chi connectivity index (χ2v) is 3.12. The minimum absolute atomic E-state index is 0.116. The first-order valence-electron chi connectivity index (χ1n) is 4.38. The van der Waals surface area contributed by atoms with E-state index < -0.39 is 5.97 Å². The largest absolute Gasteiger partial charge is 0.481 e. The number of nitrogen functional groups attached to an aromatic ring is 1. The summed E-state index contributed by atoms with van der Waals surface area (Å²) in [5.74, 6) is -0.800. The molecule has 0 radical (unpaired) electrons. The summed E-state index contributed by atoms with van der Waals surface area (Å²) in [7, 11) is 1.83. The molecule has 0 saturated carbocycles. The number of rotatable bonds is 4. The van der Waals surface area contributed by atoms with Gasteiger partial charge in [-0.1, -0.05) is 12.1 Å². The van der Waals surface area contributed by atoms with Crippen molar-refractivity contribution < 1.29 is 9.90 Å². The number of carboxylic acid groups (broad SMARTS) is 1. The summed E-state index contributed by atoms with van der Waals surface area (Å²) in [6, 6.07) is 7.40. The third-order valence-electron chi connectivity index (χ3n) is 2.01. The molecule has 0 spiro atoms. The second-order valence-electron chi connectivity index (χ2n) is 3.12. The monoisotopic (exact) mass is 194 g/mol. The number of nitrogens with two attached hydrogens (primary N) is 1. The Bertz CT molecular complexity index is 326. The number of carbonyl (C=O) groups is 1. The molecule has 0 atom stereocenters. The number of para-hydroxylation sites is 2. The van der Waals surface area contributed by atoms with Gasteiger partial charge in [0.05, 0.1) is 17.8 Å². The molecule has 14 heavy (non-hydrogen) atoms. The van der Waals surface area contributed by atoms with Gasteiger partial charge in [0.1, 0.15) is 0 Å². The van der Waals surface area contributed by atoms with Crippen LogP contribution in [0.4, 0.5) is 11.4 Å². The molecular formula is C10H14N2O2. The van der Waals surface area contributed by atoms with Crippen LogP contribution in [0.15, 0.2) is 24.3 Å². The quantitative estimate of drug-likeness (QED) is 0.706. The Morgan fingerprint density at radius 1 is 1.50 bits per heavy atom. The fourth-order valence-electron chi connectivity index (χ4n) is 1.22. The van der Waals surface area contributed by atoms with Gasteiger partial charge in [-0.3, -0.25) is 4.79 Å². The number of aliphatic carboxylic acids is 1. The lowest BCUT2D eigenvalue weighted by molar-refractivity contribution is -0.136. The van der Waals surface area contributed by atoms with Crippen LogP contribution in [-0.2, 0) is 4.79 Å². The van der Waals surface area contributed by atoms with Gasteiger partial charge in [-0.15, -0.1) is 0 Å². The van der Waals surface area contributed by atoms with E-state index in [2.05, 4.69) is 0 Å². The smallest absolute Gasteiger partial charge is 0.305 e. The Balaban J connectivity index is 2.65. The van der Waals surface area contributed by atoms with Crippen molar-refractivity contribution in [3.63, 3.8) is 0 Å². The molecule has 0 aliphatic carbocycles. The molecule has 3 N–H and O–H groups in total. The first-order valence-corrected chi connectivity index (χ1v) is 4.38. The van der Waals surface area contributed by atoms with Crippen LogP contribution < -0.4 is 10.6 Å². The third kappa shape index (κ3) is 2.65. The fraction of sp³-hybridized carbons (Fsp3) is 0.300. The summed E-state index contributed by atoms with van der Waals surface area (Å²) in [6.45, 7) is 0.462. The summed E-state index contributed by atoms with van der Waals surface area (Å²) in [6.07, 6.45) is 0.116. The lowest BCUT2D eigenvalue weighted by atomic mass is 10.2. The summed E-state index contributed by atoms with van der Waals surface area (Å²) >= 11 is 0. The van der Waals surface area contributed by atoms with Crippen LogP contribution in [0.5, 0.6) is 0 Å². The van der Waals surface area contributed by atoms with Crippen molar-refractivity contribution in [3.8, 4) is 0 Å². The van der Waals surface area contributed by atoms with Crippen molar-refractivity contribution in [1.29, 1.82) is 0 Å². The average molecular weight is 194 g/mol. The van der Waals surface area contributed by atoms with Crippen LogP contribution in [0.3, 0.4) is 0 Å². The predicted molar refractivity (Wildman–Crippen MR) is 56.4 cm³/mol. The molecule has 0 aliphatic heterocycles. The summed E-state index contributed by atoms with van der Waals surface area (Å²) in [4.78, 5) is 12.2. The zero-order valence-corrected chi connectivity index (χ0v) is 8.10. The van der Waals surface area contributed by atoms with E-state index in [1.54, 1.807) is 6.07 Å². The minimum atomic E-state index is -0.800. The Morgan fingerprint density at radius 3 is 2.71 bits per heavy atom. The van der Waals surface area contributed by atoms with Gasteiger partial charge in [0.2, 0.25) is 0 Å². The van der Waals surface area contributed by atoms with Crippen LogP contribution in [0.25, 0.3) is 0 Å². The highest BCUT2D eigenvalue weighted by molar-refractivity contribution is 5.70. The maximum absolute atomic E-state index is 10.4. The molecule has 0 fully saturated rings. The van der Waals surface area contributed by atoms with Gasteiger partial charge in [0.25, 0.3) is 0 Å². The van der Waals surface area contributed by atoms with E-state index in [0.29, 0.717) is 12.2 Å². The van der Waals surface area contributed by atoms with E-state index >= 15 is 0 Å². The van der Waals surface area contributed by atoms with Crippen LogP contribution >= 0.6 is 0 Å². The Morgan fingerprint density at radius 2 is 2.14 bits per heavy atom. The van der Waals surface area contributed by atoms with E-state index in [0.717, 1.165) is 5.69 Å². The Hall–Kier alpha value is -1.71. The topological polar surface area (TPSA) is 66.6 Å². The molecule has 4 nitrogen and oxygen atoms in total. The molecule has 0 aliphatic rings. The highest BCUT2D eigenvalue weighted by Crippen LogP contribution is 2.20. The van der Waals surface area contributed by atoms with Crippen LogP contribution in [0, 0.1) is 0 Å². The molecule has 0 aromatic heterocycles. The molecule has 4 heteroatoms. The van der Waals surface area contributed by atoms with Crippen LogP contribution in [-0.4, -0.2) is 24.7 Å². The van der Waals surface area contributed by atoms with Crippen molar-refractivity contribution in [2.45, 2.75) is 6.42 Å². The molecule has 1 rings (SSSR count). The highest BCUT2D eigenvalue weighted by Gasteiger charge is 2.05. The van der Waals surface area contributed by atoms with E-state index in [-0.39, 0.29) is 6.42 Å². The molecule has 1 aromatic carbocycles. The lowest BCUT2D eigenvalue weighted by Gasteiger charge is -2.19. The maximum atomic E-state index is 10.4. The van der Waals surface area contributed by atoms with Gasteiger partial charge < -0.3 is 15.7 Å². The van der Waals surface area contributed by atoms with Crippen LogP contribution in [0.2, 0.25) is 0 Å². The standard InChI is InChI=1S/C10H14N2O2/c1-12(7-6-10(13)14)9-5-3-2-4-8(9)11/h2-5H,6-7,11H2,1H3,(H,13,14). The first kappa shape index (κ1) is 10.4. The molecule has 0 saturated heterocycles. The summed E-state index contributed by atoms with van der Waals surface area (Å²) in [5.41, 5.74) is 7.27. The van der Waals surface area contributed by atoms with E-state index in [1.807, 2.05) is 30.1 Å². The zero-order valence-electron chi connectivity index (χ0n) is 8.10. The molecule has 0 unspecified atom stereocenters. The van der Waals surface area contributed by atoms with Gasteiger partial charge in [-0.25, -0.2) is 0 Å². The van der Waals surface area contributed by atoms with Crippen molar-refractivity contribution in [2.75, 3.05) is 24.2 Å². The Kier molecular flexibility index (Phi) is 3.34. The molecule has 0 heterocycles. The normalized spacial score (nSPS) is 9.79. The number of anilines is 2. The molecular weight excluding hydrogens is 180 g/mol. The number of hydrogen-bond acceptors (Lipinski definition) is 3. The number of nitrogens with zero attached hydrogens (tertiary/aromatic N) is 1. The summed E-state index contributed by atoms with van der Waals surface area (Å²) in [5, 5.41) is 8.52. The first-order chi connectivity index (χ1) is 6.61. The molecule has 1 aromatic rings. The van der Waals surface area contributed by atoms with Crippen LogP contribution in [0.1, 0.15) is 6.42 Å². The fourth-order valence-corrected chi connectivity index (χ4v) is 1.22. The van der Waals surface area contributed by atoms with Gasteiger partial charge in [-0.2, -0.15) is 0 Å². The molecule has 76 valence electrons. The predicted octanol–water partition coefficient (Wildman–Crippen LogP) is 1.18. The molecule has 0 amide bonds. The molecule has 0 bridgehead atoms. The van der Waals surface area contributed by atoms with Crippen molar-refractivity contribution in [1.82, 2.24) is 0 Å². The number of benzene rings is 1. The van der Waals surface area contributed by atoms with Crippen molar-refractivity contribution in [2.24, 2.45) is 0 Å². The SMILES string of the molecule is CN(CCC(=O)O)c1ccccc1N. The summed E-state index contributed by atoms with van der Waals surface area (Å²) < 4.78 is 0. The average Bonchev–Trinajstić information content (AvgIpc) is 2.15. The lowest BCUT2D eigenvalue weighted by Crippen LogP contribution is -2.21. The van der Waals surface area contributed by atoms with E-state index in [9.17, 15) is 4.79 Å². The Labute approximate surface area is 82.9 Å². The highest BCUT2D eigenvalue weighted by atomic mass is 16.4. The van der Waals surface area contributed by atoms with Gasteiger partial charge in [-0.05, 0) is 12.1 Å².